The van der Waals surface area contributed by atoms with Gasteiger partial charge in [0.2, 0.25) is 0 Å². The molecule has 0 nitrogen and oxygen atoms in total. The molecular weight excluding hydrogens is 393 g/mol. The zero-order chi connectivity index (χ0) is 18.4. The van der Waals surface area contributed by atoms with E-state index < -0.39 is 24.5 Å². The molecule has 0 amide bonds. The van der Waals surface area contributed by atoms with Crippen LogP contribution in [0.4, 0.5) is 5.25 Å². The first-order valence-corrected chi connectivity index (χ1v) is 10.0. The summed E-state index contributed by atoms with van der Waals surface area (Å²) in [5.41, 5.74) is 5.45. The number of hydrogen-bond acceptors (Lipinski definition) is 0. The predicted octanol–water partition coefficient (Wildman–Crippen LogP) is 7.19. The topological polar surface area (TPSA) is 0 Å². The Balaban J connectivity index is 0.000000156. The van der Waals surface area contributed by atoms with Gasteiger partial charge in [-0.2, -0.15) is 12.1 Å². The fourth-order valence-electron chi connectivity index (χ4n) is 3.08. The van der Waals surface area contributed by atoms with Gasteiger partial charge in [-0.1, -0.05) is 37.1 Å². The van der Waals surface area contributed by atoms with Crippen LogP contribution in [0.3, 0.4) is 0 Å². The van der Waals surface area contributed by atoms with E-state index in [-0.39, 0.29) is 0 Å². The molecule has 4 aromatic carbocycles. The summed E-state index contributed by atoms with van der Waals surface area (Å²) >= 11 is -2.77. The van der Waals surface area contributed by atoms with Gasteiger partial charge in [-0.05, 0) is 13.8 Å². The third-order valence-corrected chi connectivity index (χ3v) is 4.23. The van der Waals surface area contributed by atoms with E-state index in [9.17, 15) is 5.25 Å². The Morgan fingerprint density at radius 3 is 1.36 bits per heavy atom. The average molecular weight is 416 g/mol. The summed E-state index contributed by atoms with van der Waals surface area (Å²) in [4.78, 5) is 0. The van der Waals surface area contributed by atoms with Crippen LogP contribution in [0, 0.1) is 27.7 Å². The molecule has 0 spiro atoms. The van der Waals surface area contributed by atoms with Gasteiger partial charge in [0, 0.05) is 0 Å². The quantitative estimate of drug-likeness (QED) is 0.267. The summed E-state index contributed by atoms with van der Waals surface area (Å²) < 4.78 is 19.6. The van der Waals surface area contributed by atoms with Crippen LogP contribution in [0.1, 0.15) is 22.3 Å². The predicted molar refractivity (Wildman–Crippen MR) is 100 cm³/mol. The first kappa shape index (κ1) is 19.7. The van der Waals surface area contributed by atoms with Gasteiger partial charge >= 0.3 is 29.7 Å². The fraction of sp³-hybridized carbons (Fsp3) is 0.182. The zero-order valence-corrected chi connectivity index (χ0v) is 17.5. The SMILES string of the molecule is Cc1cc2c(C)cccc2[cH-]1.Cc1cc2c(C)cccc2[cH-]1.[F][Zr+2][F]. The molecule has 0 fully saturated rings. The molecule has 4 aromatic rings. The number of benzene rings is 2. The van der Waals surface area contributed by atoms with Crippen molar-refractivity contribution in [2.75, 3.05) is 0 Å². The molecule has 0 saturated heterocycles. The first-order valence-electron chi connectivity index (χ1n) is 8.18. The maximum absolute atomic E-state index is 9.80. The first-order chi connectivity index (χ1) is 12.0. The van der Waals surface area contributed by atoms with Gasteiger partial charge in [-0.15, -0.1) is 69.1 Å². The Morgan fingerprint density at radius 2 is 1.04 bits per heavy atom. The molecule has 0 saturated carbocycles. The van der Waals surface area contributed by atoms with Crippen molar-refractivity contribution >= 4 is 21.5 Å². The van der Waals surface area contributed by atoms with Gasteiger partial charge in [0.15, 0.2) is 0 Å². The van der Waals surface area contributed by atoms with E-state index in [0.29, 0.717) is 0 Å². The van der Waals surface area contributed by atoms with Crippen molar-refractivity contribution in [3.8, 4) is 0 Å². The molecule has 0 aliphatic heterocycles. The third kappa shape index (κ3) is 5.19. The standard InChI is InChI=1S/2C11H11.2FH.Zr/c2*1-8-6-10-5-3-4-9(2)11(10)7-8;;;/h2*3-7H,1-2H3;2*1H;/q2*-1;;;+4/p-2. The molecule has 0 aromatic heterocycles. The van der Waals surface area contributed by atoms with E-state index >= 15 is 0 Å². The van der Waals surface area contributed by atoms with Crippen LogP contribution >= 0.6 is 0 Å². The van der Waals surface area contributed by atoms with E-state index in [1.165, 1.54) is 43.8 Å². The molecule has 0 unspecified atom stereocenters. The summed E-state index contributed by atoms with van der Waals surface area (Å²) in [6, 6.07) is 21.8. The number of aryl methyl sites for hydroxylation is 4. The van der Waals surface area contributed by atoms with Crippen molar-refractivity contribution in [2.45, 2.75) is 27.7 Å². The van der Waals surface area contributed by atoms with E-state index in [1.54, 1.807) is 0 Å². The number of rotatable bonds is 0. The van der Waals surface area contributed by atoms with Crippen LogP contribution in [0.5, 0.6) is 0 Å². The number of fused-ring (bicyclic) bond motifs is 2. The second-order valence-corrected chi connectivity index (χ2v) is 6.64. The van der Waals surface area contributed by atoms with Gasteiger partial charge < -0.3 is 0 Å². The normalized spacial score (nSPS) is 9.84. The Morgan fingerprint density at radius 1 is 0.680 bits per heavy atom. The number of halogens is 2. The van der Waals surface area contributed by atoms with Crippen LogP contribution in [-0.2, 0) is 24.5 Å². The van der Waals surface area contributed by atoms with E-state index in [4.69, 9.17) is 0 Å². The Labute approximate surface area is 161 Å². The molecule has 0 heterocycles. The minimum atomic E-state index is -2.77. The third-order valence-electron chi connectivity index (χ3n) is 4.23. The van der Waals surface area contributed by atoms with Gasteiger partial charge in [0.1, 0.15) is 0 Å². The van der Waals surface area contributed by atoms with Crippen molar-refractivity contribution < 1.29 is 29.7 Å². The molecular formula is C22H22F2Zr. The second kappa shape index (κ2) is 9.20. The minimum absolute atomic E-state index is 1.36. The molecule has 0 N–H and O–H groups in total. The summed E-state index contributed by atoms with van der Waals surface area (Å²) in [5.74, 6) is 0. The van der Waals surface area contributed by atoms with Crippen LogP contribution in [0.25, 0.3) is 21.5 Å². The molecule has 0 aliphatic rings. The van der Waals surface area contributed by atoms with E-state index in [0.717, 1.165) is 0 Å². The van der Waals surface area contributed by atoms with Crippen molar-refractivity contribution in [1.82, 2.24) is 0 Å². The average Bonchev–Trinajstić information content (AvgIpc) is 3.12. The van der Waals surface area contributed by atoms with Gasteiger partial charge in [0.05, 0.1) is 0 Å². The fourth-order valence-corrected chi connectivity index (χ4v) is 3.08. The van der Waals surface area contributed by atoms with Crippen molar-refractivity contribution in [3.63, 3.8) is 0 Å². The van der Waals surface area contributed by atoms with Crippen LogP contribution in [0.2, 0.25) is 0 Å². The summed E-state index contributed by atoms with van der Waals surface area (Å²) in [7, 11) is 0. The van der Waals surface area contributed by atoms with Gasteiger partial charge in [0.25, 0.3) is 0 Å². The molecule has 128 valence electrons. The molecule has 25 heavy (non-hydrogen) atoms. The molecule has 0 aliphatic carbocycles. The monoisotopic (exact) mass is 414 g/mol. The van der Waals surface area contributed by atoms with E-state index in [2.05, 4.69) is 88.4 Å². The molecule has 3 heteroatoms. The Hall–Kier alpha value is -1.60. The Bertz CT molecular complexity index is 869. The van der Waals surface area contributed by atoms with Gasteiger partial charge in [-0.25, -0.2) is 0 Å². The van der Waals surface area contributed by atoms with Crippen LogP contribution < -0.4 is 0 Å². The van der Waals surface area contributed by atoms with E-state index in [1.807, 2.05) is 0 Å². The summed E-state index contributed by atoms with van der Waals surface area (Å²) in [6.07, 6.45) is 0. The summed E-state index contributed by atoms with van der Waals surface area (Å²) in [5, 5.41) is 5.51. The Kier molecular flexibility index (Phi) is 7.26. The van der Waals surface area contributed by atoms with Crippen LogP contribution in [0.15, 0.2) is 60.7 Å². The second-order valence-electron chi connectivity index (χ2n) is 6.29. The van der Waals surface area contributed by atoms with Crippen molar-refractivity contribution in [1.29, 1.82) is 0 Å². The zero-order valence-electron chi connectivity index (χ0n) is 15.0. The van der Waals surface area contributed by atoms with Crippen molar-refractivity contribution in [3.05, 3.63) is 82.9 Å². The molecule has 0 bridgehead atoms. The molecule has 4 rings (SSSR count). The molecule has 0 radical (unpaired) electrons. The van der Waals surface area contributed by atoms with Crippen LogP contribution in [-0.4, -0.2) is 0 Å². The number of hydrogen-bond donors (Lipinski definition) is 0. The van der Waals surface area contributed by atoms with Crippen molar-refractivity contribution in [2.24, 2.45) is 0 Å². The molecule has 0 atom stereocenters. The maximum atomic E-state index is 9.80. The van der Waals surface area contributed by atoms with Gasteiger partial charge in [-0.3, -0.25) is 0 Å². The summed E-state index contributed by atoms with van der Waals surface area (Å²) in [6.45, 7) is 8.59.